The quantitative estimate of drug-likeness (QED) is 0.245. The van der Waals surface area contributed by atoms with Crippen molar-refractivity contribution in [3.8, 4) is 11.1 Å². The van der Waals surface area contributed by atoms with Crippen molar-refractivity contribution >= 4 is 39.6 Å². The van der Waals surface area contributed by atoms with Crippen LogP contribution in [0.2, 0.25) is 0 Å². The number of ether oxygens (including phenoxy) is 1. The number of hydrogen-bond acceptors (Lipinski definition) is 4. The first kappa shape index (κ1) is 26.2. The number of amides is 2. The minimum atomic E-state index is -1.14. The van der Waals surface area contributed by atoms with Gasteiger partial charge in [-0.3, -0.25) is 14.9 Å². The number of nitrogens with one attached hydrogen (secondary N) is 1. The van der Waals surface area contributed by atoms with Crippen LogP contribution in [0.1, 0.15) is 33.0 Å². The van der Waals surface area contributed by atoms with Crippen molar-refractivity contribution in [3.63, 3.8) is 0 Å². The molecule has 196 valence electrons. The minimum absolute atomic E-state index is 0.104. The molecule has 0 spiro atoms. The molecule has 0 heterocycles. The summed E-state index contributed by atoms with van der Waals surface area (Å²) in [4.78, 5) is 39.2. The summed E-state index contributed by atoms with van der Waals surface area (Å²) in [6.07, 6.45) is -0.711. The van der Waals surface area contributed by atoms with E-state index in [-0.39, 0.29) is 30.3 Å². The number of hydrogen-bond donors (Lipinski definition) is 2. The van der Waals surface area contributed by atoms with E-state index in [0.29, 0.717) is 4.47 Å². The third-order valence-electron chi connectivity index (χ3n) is 6.62. The van der Waals surface area contributed by atoms with E-state index >= 15 is 0 Å². The Bertz CT molecular complexity index is 1490. The third-order valence-corrected chi connectivity index (χ3v) is 7.12. The van der Waals surface area contributed by atoms with Crippen LogP contribution in [0, 0.1) is 0 Å². The van der Waals surface area contributed by atoms with Gasteiger partial charge in [-0.15, -0.1) is 0 Å². The van der Waals surface area contributed by atoms with E-state index in [1.807, 2.05) is 66.7 Å². The van der Waals surface area contributed by atoms with Crippen molar-refractivity contribution < 1.29 is 24.2 Å². The average Bonchev–Trinajstić information content (AvgIpc) is 3.25. The molecular formula is C31H25BrN2O5. The van der Waals surface area contributed by atoms with Gasteiger partial charge in [0.1, 0.15) is 13.2 Å². The van der Waals surface area contributed by atoms with Crippen molar-refractivity contribution in [3.05, 3.63) is 124 Å². The second-order valence-electron chi connectivity index (χ2n) is 9.18. The summed E-state index contributed by atoms with van der Waals surface area (Å²) < 4.78 is 6.29. The lowest BCUT2D eigenvalue weighted by molar-refractivity contribution is -0.137. The van der Waals surface area contributed by atoms with Crippen LogP contribution < -0.4 is 5.32 Å². The summed E-state index contributed by atoms with van der Waals surface area (Å²) >= 11 is 3.38. The van der Waals surface area contributed by atoms with Crippen LogP contribution in [0.5, 0.6) is 0 Å². The molecule has 2 N–H and O–H groups in total. The number of carboxylic acids is 1. The topological polar surface area (TPSA) is 95.9 Å². The molecule has 8 heteroatoms. The van der Waals surface area contributed by atoms with Crippen LogP contribution in [0.3, 0.4) is 0 Å². The molecule has 0 bridgehead atoms. The van der Waals surface area contributed by atoms with Gasteiger partial charge in [0.2, 0.25) is 0 Å². The van der Waals surface area contributed by atoms with Crippen molar-refractivity contribution in [2.45, 2.75) is 12.5 Å². The monoisotopic (exact) mass is 584 g/mol. The first-order chi connectivity index (χ1) is 18.9. The largest absolute Gasteiger partial charge is 0.480 e. The van der Waals surface area contributed by atoms with Gasteiger partial charge in [0.25, 0.3) is 5.91 Å². The van der Waals surface area contributed by atoms with Crippen molar-refractivity contribution in [1.29, 1.82) is 0 Å². The predicted octanol–water partition coefficient (Wildman–Crippen LogP) is 6.54. The maximum Gasteiger partial charge on any atom is 0.411 e. The second kappa shape index (κ2) is 11.5. The first-order valence-corrected chi connectivity index (χ1v) is 13.2. The molecular weight excluding hydrogens is 560 g/mol. The Morgan fingerprint density at radius 3 is 2.10 bits per heavy atom. The van der Waals surface area contributed by atoms with E-state index in [4.69, 9.17) is 4.74 Å². The van der Waals surface area contributed by atoms with E-state index in [1.54, 1.807) is 18.2 Å². The molecule has 5 rings (SSSR count). The molecule has 1 aliphatic rings. The molecule has 0 atom stereocenters. The van der Waals surface area contributed by atoms with Crippen molar-refractivity contribution in [1.82, 2.24) is 4.90 Å². The number of aliphatic carboxylic acids is 1. The first-order valence-electron chi connectivity index (χ1n) is 12.4. The Kier molecular flexibility index (Phi) is 7.74. The van der Waals surface area contributed by atoms with Gasteiger partial charge < -0.3 is 14.7 Å². The highest BCUT2D eigenvalue weighted by Crippen LogP contribution is 2.44. The van der Waals surface area contributed by atoms with Gasteiger partial charge in [-0.25, -0.2) is 4.79 Å². The normalized spacial score (nSPS) is 11.8. The van der Waals surface area contributed by atoms with Crippen LogP contribution in [0.25, 0.3) is 11.1 Å². The highest BCUT2D eigenvalue weighted by molar-refractivity contribution is 9.10. The van der Waals surface area contributed by atoms with E-state index in [9.17, 15) is 19.5 Å². The van der Waals surface area contributed by atoms with Crippen LogP contribution in [-0.2, 0) is 16.1 Å². The number of carboxylic acid groups (broad SMARTS) is 1. The molecule has 0 fully saturated rings. The number of carbonyl (C=O) groups is 3. The molecule has 0 saturated carbocycles. The molecule has 2 amide bonds. The van der Waals surface area contributed by atoms with Gasteiger partial charge >= 0.3 is 12.1 Å². The fourth-order valence-electron chi connectivity index (χ4n) is 4.89. The van der Waals surface area contributed by atoms with Gasteiger partial charge in [-0.05, 0) is 46.0 Å². The Morgan fingerprint density at radius 2 is 1.46 bits per heavy atom. The molecule has 0 saturated heterocycles. The number of fused-ring (bicyclic) bond motifs is 3. The van der Waals surface area contributed by atoms with Gasteiger partial charge in [0.15, 0.2) is 0 Å². The highest BCUT2D eigenvalue weighted by Gasteiger charge is 2.29. The van der Waals surface area contributed by atoms with Crippen molar-refractivity contribution in [2.75, 3.05) is 18.5 Å². The number of anilines is 1. The number of benzene rings is 4. The van der Waals surface area contributed by atoms with Gasteiger partial charge in [-0.2, -0.15) is 0 Å². The maximum atomic E-state index is 13.5. The number of halogens is 1. The molecule has 0 aromatic heterocycles. The third kappa shape index (κ3) is 5.86. The highest BCUT2D eigenvalue weighted by atomic mass is 79.9. The van der Waals surface area contributed by atoms with Crippen LogP contribution >= 0.6 is 15.9 Å². The fourth-order valence-corrected chi connectivity index (χ4v) is 5.25. The smallest absolute Gasteiger partial charge is 0.411 e. The molecule has 1 aliphatic carbocycles. The number of nitrogens with zero attached hydrogens (tertiary/aromatic N) is 1. The fraction of sp³-hybridized carbons (Fsp3) is 0.129. The molecule has 7 nitrogen and oxygen atoms in total. The Hall–Kier alpha value is -4.43. The van der Waals surface area contributed by atoms with Crippen molar-refractivity contribution in [2.24, 2.45) is 0 Å². The Balaban J connectivity index is 1.33. The summed E-state index contributed by atoms with van der Waals surface area (Å²) in [5.41, 5.74) is 5.59. The van der Waals surface area contributed by atoms with E-state index in [1.165, 1.54) is 4.90 Å². The lowest BCUT2D eigenvalue weighted by Crippen LogP contribution is -2.35. The molecule has 39 heavy (non-hydrogen) atoms. The van der Waals surface area contributed by atoms with Gasteiger partial charge in [-0.1, -0.05) is 94.8 Å². The zero-order valence-electron chi connectivity index (χ0n) is 20.8. The summed E-state index contributed by atoms with van der Waals surface area (Å²) in [5, 5.41) is 12.1. The maximum absolute atomic E-state index is 13.5. The number of carbonyl (C=O) groups excluding carboxylic acids is 2. The minimum Gasteiger partial charge on any atom is -0.480 e. The SMILES string of the molecule is O=C(O)CN(Cc1ccccc1)C(=O)c1ccc(Br)cc1NC(=O)OCC1c2ccccc2-c2ccccc21. The summed E-state index contributed by atoms with van der Waals surface area (Å²) in [6.45, 7) is -0.267. The predicted molar refractivity (Wildman–Crippen MR) is 152 cm³/mol. The lowest BCUT2D eigenvalue weighted by atomic mass is 9.98. The Labute approximate surface area is 234 Å². The summed E-state index contributed by atoms with van der Waals surface area (Å²) in [7, 11) is 0. The van der Waals surface area contributed by atoms with Gasteiger partial charge in [0, 0.05) is 16.9 Å². The summed E-state index contributed by atoms with van der Waals surface area (Å²) in [5.74, 6) is -1.77. The zero-order chi connectivity index (χ0) is 27.4. The summed E-state index contributed by atoms with van der Waals surface area (Å²) in [6, 6.07) is 30.0. The van der Waals surface area contributed by atoms with Gasteiger partial charge in [0.05, 0.1) is 11.3 Å². The molecule has 0 aliphatic heterocycles. The van der Waals surface area contributed by atoms with Crippen LogP contribution in [0.4, 0.5) is 10.5 Å². The van der Waals surface area contributed by atoms with Crippen LogP contribution in [-0.4, -0.2) is 41.1 Å². The molecule has 0 unspecified atom stereocenters. The standard InChI is InChI=1S/C31H25BrN2O5/c32-21-14-15-26(30(37)34(18-29(35)36)17-20-8-2-1-3-9-20)28(16-21)33-31(38)39-19-27-24-12-6-4-10-22(24)23-11-5-7-13-25(23)27/h1-16,27H,17-19H2,(H,33,38)(H,35,36). The average molecular weight is 585 g/mol. The zero-order valence-corrected chi connectivity index (χ0v) is 22.4. The lowest BCUT2D eigenvalue weighted by Gasteiger charge is -2.22. The Morgan fingerprint density at radius 1 is 0.846 bits per heavy atom. The molecule has 4 aromatic rings. The molecule has 4 aromatic carbocycles. The van der Waals surface area contributed by atoms with E-state index < -0.39 is 24.5 Å². The number of rotatable bonds is 8. The van der Waals surface area contributed by atoms with E-state index in [2.05, 4.69) is 33.4 Å². The molecule has 0 radical (unpaired) electrons. The second-order valence-corrected chi connectivity index (χ2v) is 10.1. The van der Waals surface area contributed by atoms with Crippen LogP contribution in [0.15, 0.2) is 102 Å². The van der Waals surface area contributed by atoms with E-state index in [0.717, 1.165) is 27.8 Å².